The molecule has 0 spiro atoms. The third-order valence-corrected chi connectivity index (χ3v) is 4.69. The maximum atomic E-state index is 12.6. The monoisotopic (exact) mass is 348 g/mol. The van der Waals surface area contributed by atoms with E-state index in [0.717, 1.165) is 11.3 Å². The van der Waals surface area contributed by atoms with Crippen LogP contribution in [0.15, 0.2) is 54.6 Å². The second-order valence-corrected chi connectivity index (χ2v) is 6.50. The highest BCUT2D eigenvalue weighted by molar-refractivity contribution is 7.19. The van der Waals surface area contributed by atoms with E-state index in [1.54, 1.807) is 0 Å². The molecule has 2 aromatic carbocycles. The zero-order valence-corrected chi connectivity index (χ0v) is 14.4. The molecule has 0 atom stereocenters. The molecule has 124 valence electrons. The highest BCUT2D eigenvalue weighted by Crippen LogP contribution is 2.37. The lowest BCUT2D eigenvalue weighted by Gasteiger charge is -2.05. The number of para-hydroxylation sites is 1. The van der Waals surface area contributed by atoms with E-state index in [2.05, 4.69) is 16.7 Å². The van der Waals surface area contributed by atoms with Crippen molar-refractivity contribution in [1.29, 1.82) is 5.26 Å². The van der Waals surface area contributed by atoms with Gasteiger partial charge in [-0.05, 0) is 36.8 Å². The number of benzene rings is 2. The number of hydrogen-bond donors (Lipinski definition) is 3. The van der Waals surface area contributed by atoms with Gasteiger partial charge in [0.1, 0.15) is 21.5 Å². The molecule has 0 saturated heterocycles. The van der Waals surface area contributed by atoms with Crippen LogP contribution in [0.5, 0.6) is 0 Å². The third-order valence-electron chi connectivity index (χ3n) is 3.57. The van der Waals surface area contributed by atoms with Crippen LogP contribution in [0.4, 0.5) is 22.1 Å². The summed E-state index contributed by atoms with van der Waals surface area (Å²) in [7, 11) is 0. The number of carbonyl (C=O) groups is 1. The van der Waals surface area contributed by atoms with Crippen LogP contribution in [0.3, 0.4) is 0 Å². The quantitative estimate of drug-likeness (QED) is 0.647. The Hall–Kier alpha value is -3.30. The topological polar surface area (TPSA) is 90.9 Å². The molecule has 3 aromatic rings. The van der Waals surface area contributed by atoms with Gasteiger partial charge in [0.25, 0.3) is 5.91 Å². The van der Waals surface area contributed by atoms with E-state index < -0.39 is 0 Å². The van der Waals surface area contributed by atoms with Gasteiger partial charge in [0.05, 0.1) is 5.69 Å². The number of nitrogens with zero attached hydrogens (tertiary/aromatic N) is 1. The minimum atomic E-state index is -0.328. The van der Waals surface area contributed by atoms with Gasteiger partial charge in [-0.1, -0.05) is 30.3 Å². The van der Waals surface area contributed by atoms with Gasteiger partial charge in [-0.3, -0.25) is 4.79 Å². The van der Waals surface area contributed by atoms with Crippen molar-refractivity contribution >= 4 is 39.3 Å². The summed E-state index contributed by atoms with van der Waals surface area (Å²) in [6.07, 6.45) is 0. The Balaban J connectivity index is 1.89. The summed E-state index contributed by atoms with van der Waals surface area (Å²) in [6.45, 7) is 1.95. The highest BCUT2D eigenvalue weighted by atomic mass is 32.1. The van der Waals surface area contributed by atoms with Crippen molar-refractivity contribution in [2.45, 2.75) is 6.92 Å². The lowest BCUT2D eigenvalue weighted by atomic mass is 10.2. The van der Waals surface area contributed by atoms with E-state index in [-0.39, 0.29) is 17.2 Å². The molecule has 1 aromatic heterocycles. The van der Waals surface area contributed by atoms with Crippen molar-refractivity contribution in [2.24, 2.45) is 0 Å². The number of anilines is 4. The number of nitrogens with one attached hydrogen (secondary N) is 2. The maximum absolute atomic E-state index is 12.6. The van der Waals surface area contributed by atoms with Gasteiger partial charge in [-0.15, -0.1) is 11.3 Å². The van der Waals surface area contributed by atoms with E-state index in [1.807, 2.05) is 61.5 Å². The molecule has 3 rings (SSSR count). The third kappa shape index (κ3) is 3.62. The van der Waals surface area contributed by atoms with Crippen LogP contribution in [-0.2, 0) is 0 Å². The Morgan fingerprint density at radius 3 is 2.52 bits per heavy atom. The molecule has 0 aliphatic rings. The van der Waals surface area contributed by atoms with Gasteiger partial charge >= 0.3 is 0 Å². The van der Waals surface area contributed by atoms with Crippen LogP contribution >= 0.6 is 11.3 Å². The molecule has 0 radical (unpaired) electrons. The van der Waals surface area contributed by atoms with E-state index in [1.165, 1.54) is 11.3 Å². The molecular weight excluding hydrogens is 332 g/mol. The Kier molecular flexibility index (Phi) is 4.68. The van der Waals surface area contributed by atoms with Gasteiger partial charge < -0.3 is 16.4 Å². The number of nitriles is 1. The predicted octanol–water partition coefficient (Wildman–Crippen LogP) is 4.51. The molecule has 1 heterocycles. The number of rotatable bonds is 4. The molecule has 0 aliphatic carbocycles. The van der Waals surface area contributed by atoms with Gasteiger partial charge in [0.15, 0.2) is 0 Å². The number of aryl methyl sites for hydroxylation is 1. The Morgan fingerprint density at radius 1 is 1.12 bits per heavy atom. The predicted molar refractivity (Wildman–Crippen MR) is 102 cm³/mol. The minimum absolute atomic E-state index is 0.191. The Labute approximate surface area is 149 Å². The summed E-state index contributed by atoms with van der Waals surface area (Å²) < 4.78 is 0. The number of hydrogen-bond acceptors (Lipinski definition) is 5. The van der Waals surface area contributed by atoms with Crippen molar-refractivity contribution < 1.29 is 4.79 Å². The molecule has 6 heteroatoms. The first-order valence-electron chi connectivity index (χ1n) is 7.61. The fourth-order valence-electron chi connectivity index (χ4n) is 2.37. The molecule has 0 saturated carbocycles. The SMILES string of the molecule is Cc1cccc(NC(=O)c2sc(Nc3ccccc3)c(C#N)c2N)c1. The van der Waals surface area contributed by atoms with Gasteiger partial charge in [-0.2, -0.15) is 5.26 Å². The largest absolute Gasteiger partial charge is 0.396 e. The zero-order chi connectivity index (χ0) is 17.8. The van der Waals surface area contributed by atoms with Gasteiger partial charge in [0.2, 0.25) is 0 Å². The van der Waals surface area contributed by atoms with Crippen molar-refractivity contribution in [2.75, 3.05) is 16.4 Å². The van der Waals surface area contributed by atoms with Crippen molar-refractivity contribution in [3.8, 4) is 6.07 Å². The average Bonchev–Trinajstić information content (AvgIpc) is 2.91. The van der Waals surface area contributed by atoms with Crippen LogP contribution in [0.25, 0.3) is 0 Å². The standard InChI is InChI=1S/C19H16N4OS/c1-12-6-5-9-14(10-12)22-18(24)17-16(21)15(11-20)19(25-17)23-13-7-3-2-4-8-13/h2-10,23H,21H2,1H3,(H,22,24). The van der Waals surface area contributed by atoms with E-state index >= 15 is 0 Å². The van der Waals surface area contributed by atoms with Crippen molar-refractivity contribution in [1.82, 2.24) is 0 Å². The number of carbonyl (C=O) groups excluding carboxylic acids is 1. The second kappa shape index (κ2) is 7.07. The molecule has 5 nitrogen and oxygen atoms in total. The number of nitrogens with two attached hydrogens (primary N) is 1. The fraction of sp³-hybridized carbons (Fsp3) is 0.0526. The number of thiophene rings is 1. The molecule has 0 aliphatic heterocycles. The highest BCUT2D eigenvalue weighted by Gasteiger charge is 2.21. The normalized spacial score (nSPS) is 10.1. The molecule has 0 fully saturated rings. The molecule has 4 N–H and O–H groups in total. The van der Waals surface area contributed by atoms with Crippen LogP contribution in [0.1, 0.15) is 20.8 Å². The number of amides is 1. The lowest BCUT2D eigenvalue weighted by Crippen LogP contribution is -2.12. The van der Waals surface area contributed by atoms with E-state index in [4.69, 9.17) is 5.73 Å². The first-order chi connectivity index (χ1) is 12.1. The van der Waals surface area contributed by atoms with Crippen LogP contribution in [-0.4, -0.2) is 5.91 Å². The lowest BCUT2D eigenvalue weighted by molar-refractivity contribution is 0.103. The average molecular weight is 348 g/mol. The summed E-state index contributed by atoms with van der Waals surface area (Å²) in [4.78, 5) is 12.9. The fourth-order valence-corrected chi connectivity index (χ4v) is 3.36. The minimum Gasteiger partial charge on any atom is -0.396 e. The van der Waals surface area contributed by atoms with E-state index in [9.17, 15) is 10.1 Å². The molecule has 0 unspecified atom stereocenters. The van der Waals surface area contributed by atoms with Crippen LogP contribution in [0, 0.1) is 18.3 Å². The first kappa shape index (κ1) is 16.6. The summed E-state index contributed by atoms with van der Waals surface area (Å²) in [5.41, 5.74) is 9.07. The summed E-state index contributed by atoms with van der Waals surface area (Å²) >= 11 is 1.17. The smallest absolute Gasteiger partial charge is 0.267 e. The summed E-state index contributed by atoms with van der Waals surface area (Å²) in [6, 6.07) is 19.0. The zero-order valence-electron chi connectivity index (χ0n) is 13.5. The van der Waals surface area contributed by atoms with Crippen molar-refractivity contribution in [3.63, 3.8) is 0 Å². The molecule has 25 heavy (non-hydrogen) atoms. The van der Waals surface area contributed by atoms with E-state index in [0.29, 0.717) is 15.6 Å². The molecular formula is C19H16N4OS. The molecule has 0 bridgehead atoms. The van der Waals surface area contributed by atoms with Crippen molar-refractivity contribution in [3.05, 3.63) is 70.6 Å². The van der Waals surface area contributed by atoms with Gasteiger partial charge in [-0.25, -0.2) is 0 Å². The second-order valence-electron chi connectivity index (χ2n) is 5.48. The van der Waals surface area contributed by atoms with Crippen LogP contribution in [0.2, 0.25) is 0 Å². The first-order valence-corrected chi connectivity index (χ1v) is 8.42. The summed E-state index contributed by atoms with van der Waals surface area (Å²) in [5.74, 6) is -0.328. The Morgan fingerprint density at radius 2 is 1.84 bits per heavy atom. The number of nitrogen functional groups attached to an aromatic ring is 1. The molecule has 1 amide bonds. The van der Waals surface area contributed by atoms with Crippen LogP contribution < -0.4 is 16.4 Å². The maximum Gasteiger partial charge on any atom is 0.267 e. The summed E-state index contributed by atoms with van der Waals surface area (Å²) in [5, 5.41) is 15.9. The van der Waals surface area contributed by atoms with Gasteiger partial charge in [0, 0.05) is 11.4 Å². The Bertz CT molecular complexity index is 957.